The molecule has 1 aromatic heterocycles. The van der Waals surface area contributed by atoms with Crippen LogP contribution < -0.4 is 9.64 Å². The summed E-state index contributed by atoms with van der Waals surface area (Å²) in [5, 5.41) is 1.12. The van der Waals surface area contributed by atoms with E-state index in [2.05, 4.69) is 28.1 Å². The number of nitrogens with zero attached hydrogens (tertiary/aromatic N) is 3. The number of hydrogen-bond donors (Lipinski definition) is 0. The van der Waals surface area contributed by atoms with Crippen molar-refractivity contribution in [2.24, 2.45) is 0 Å². The van der Waals surface area contributed by atoms with Gasteiger partial charge in [-0.2, -0.15) is 0 Å². The Balaban J connectivity index is 1.23. The number of hydrogen-bond acceptors (Lipinski definition) is 5. The van der Waals surface area contributed by atoms with Crippen LogP contribution in [0.25, 0.3) is 10.2 Å². The summed E-state index contributed by atoms with van der Waals surface area (Å²) < 4.78 is 6.44. The molecule has 0 radical (unpaired) electrons. The molecular weight excluding hydrogens is 370 g/mol. The fraction of sp³-hybridized carbons (Fsp3) is 0.364. The van der Waals surface area contributed by atoms with Crippen molar-refractivity contribution >= 4 is 33.1 Å². The van der Waals surface area contributed by atoms with Gasteiger partial charge in [-0.3, -0.25) is 4.79 Å². The van der Waals surface area contributed by atoms with Crippen LogP contribution in [0.5, 0.6) is 5.75 Å². The Labute approximate surface area is 169 Å². The Morgan fingerprint density at radius 2 is 1.82 bits per heavy atom. The minimum Gasteiger partial charge on any atom is -0.497 e. The van der Waals surface area contributed by atoms with Crippen LogP contribution in [0.15, 0.2) is 48.5 Å². The van der Waals surface area contributed by atoms with Crippen LogP contribution in [-0.4, -0.2) is 49.1 Å². The smallest absolute Gasteiger partial charge is 0.222 e. The molecule has 0 N–H and O–H groups in total. The summed E-state index contributed by atoms with van der Waals surface area (Å²) in [7, 11) is 1.68. The molecule has 1 aliphatic heterocycles. The Morgan fingerprint density at radius 1 is 1.07 bits per heavy atom. The first kappa shape index (κ1) is 18.7. The van der Waals surface area contributed by atoms with Gasteiger partial charge in [-0.05, 0) is 49.2 Å². The molecule has 28 heavy (non-hydrogen) atoms. The molecule has 0 unspecified atom stereocenters. The number of amides is 1. The largest absolute Gasteiger partial charge is 0.497 e. The number of anilines is 1. The van der Waals surface area contributed by atoms with E-state index in [1.165, 1.54) is 10.4 Å². The first-order chi connectivity index (χ1) is 13.7. The number of carbonyl (C=O) groups excluding carboxylic acids is 1. The molecule has 3 aromatic rings. The highest BCUT2D eigenvalue weighted by atomic mass is 32.1. The molecule has 2 aromatic carbocycles. The molecule has 1 aliphatic rings. The SMILES string of the molecule is COc1ccc(N2CCN(C(=O)CCCc3nc4ccccc4s3)CC2)cc1. The highest BCUT2D eigenvalue weighted by Gasteiger charge is 2.21. The van der Waals surface area contributed by atoms with Gasteiger partial charge in [0.05, 0.1) is 22.3 Å². The number of para-hydroxylation sites is 1. The molecule has 0 spiro atoms. The number of ether oxygens (including phenoxy) is 1. The second kappa shape index (κ2) is 8.61. The molecule has 1 saturated heterocycles. The molecule has 1 amide bonds. The number of fused-ring (bicyclic) bond motifs is 1. The lowest BCUT2D eigenvalue weighted by atomic mass is 10.2. The summed E-state index contributed by atoms with van der Waals surface area (Å²) in [6, 6.07) is 16.3. The average molecular weight is 396 g/mol. The second-order valence-corrected chi connectivity index (χ2v) is 8.11. The van der Waals surface area contributed by atoms with Gasteiger partial charge in [-0.1, -0.05) is 12.1 Å². The zero-order valence-electron chi connectivity index (χ0n) is 16.1. The van der Waals surface area contributed by atoms with E-state index in [0.29, 0.717) is 6.42 Å². The van der Waals surface area contributed by atoms with Gasteiger partial charge >= 0.3 is 0 Å². The molecule has 5 nitrogen and oxygen atoms in total. The standard InChI is InChI=1S/C22H25N3O2S/c1-27-18-11-9-17(10-12-18)24-13-15-25(16-14-24)22(26)8-4-7-21-23-19-5-2-3-6-20(19)28-21/h2-3,5-6,9-12H,4,7-8,13-16H2,1H3. The summed E-state index contributed by atoms with van der Waals surface area (Å²) in [4.78, 5) is 21.5. The van der Waals surface area contributed by atoms with Crippen molar-refractivity contribution in [3.05, 3.63) is 53.5 Å². The molecule has 4 rings (SSSR count). The average Bonchev–Trinajstić information content (AvgIpc) is 3.16. The molecule has 0 aliphatic carbocycles. The lowest BCUT2D eigenvalue weighted by Crippen LogP contribution is -2.48. The molecule has 2 heterocycles. The number of rotatable bonds is 6. The van der Waals surface area contributed by atoms with Gasteiger partial charge in [0.15, 0.2) is 0 Å². The predicted molar refractivity (Wildman–Crippen MR) is 114 cm³/mol. The van der Waals surface area contributed by atoms with Gasteiger partial charge in [-0.25, -0.2) is 4.98 Å². The molecule has 6 heteroatoms. The number of methoxy groups -OCH3 is 1. The number of aromatic nitrogens is 1. The van der Waals surface area contributed by atoms with Crippen LogP contribution in [0, 0.1) is 0 Å². The Morgan fingerprint density at radius 3 is 2.54 bits per heavy atom. The molecule has 0 bridgehead atoms. The number of benzene rings is 2. The zero-order chi connectivity index (χ0) is 19.3. The van der Waals surface area contributed by atoms with Crippen LogP contribution in [0.3, 0.4) is 0 Å². The molecular formula is C22H25N3O2S. The van der Waals surface area contributed by atoms with E-state index in [1.807, 2.05) is 35.2 Å². The summed E-state index contributed by atoms with van der Waals surface area (Å²) in [5.74, 6) is 1.13. The fourth-order valence-corrected chi connectivity index (χ4v) is 4.59. The minimum absolute atomic E-state index is 0.260. The van der Waals surface area contributed by atoms with Crippen LogP contribution >= 0.6 is 11.3 Å². The van der Waals surface area contributed by atoms with Gasteiger partial charge < -0.3 is 14.5 Å². The lowest BCUT2D eigenvalue weighted by molar-refractivity contribution is -0.131. The van der Waals surface area contributed by atoms with Crippen molar-refractivity contribution in [3.8, 4) is 5.75 Å². The quantitative estimate of drug-likeness (QED) is 0.633. The van der Waals surface area contributed by atoms with Crippen molar-refractivity contribution in [3.63, 3.8) is 0 Å². The van der Waals surface area contributed by atoms with Gasteiger partial charge in [-0.15, -0.1) is 11.3 Å². The maximum absolute atomic E-state index is 12.6. The number of thiazole rings is 1. The van der Waals surface area contributed by atoms with E-state index >= 15 is 0 Å². The zero-order valence-corrected chi connectivity index (χ0v) is 17.0. The third kappa shape index (κ3) is 4.28. The predicted octanol–water partition coefficient (Wildman–Crippen LogP) is 3.98. The van der Waals surface area contributed by atoms with E-state index in [-0.39, 0.29) is 5.91 Å². The van der Waals surface area contributed by atoms with Crippen molar-refractivity contribution in [2.45, 2.75) is 19.3 Å². The Kier molecular flexibility index (Phi) is 5.76. The summed E-state index contributed by atoms with van der Waals surface area (Å²) in [5.41, 5.74) is 2.24. The summed E-state index contributed by atoms with van der Waals surface area (Å²) in [6.45, 7) is 3.31. The monoisotopic (exact) mass is 395 g/mol. The molecule has 0 saturated carbocycles. The van der Waals surface area contributed by atoms with Gasteiger partial charge in [0.25, 0.3) is 0 Å². The van der Waals surface area contributed by atoms with Crippen LogP contribution in [0.1, 0.15) is 17.8 Å². The first-order valence-corrected chi connectivity index (χ1v) is 10.6. The number of carbonyl (C=O) groups is 1. The Bertz CT molecular complexity index is 897. The third-order valence-corrected chi connectivity index (χ3v) is 6.29. The minimum atomic E-state index is 0.260. The highest BCUT2D eigenvalue weighted by Crippen LogP contribution is 2.23. The maximum atomic E-state index is 12.6. The van der Waals surface area contributed by atoms with Crippen molar-refractivity contribution < 1.29 is 9.53 Å². The summed E-state index contributed by atoms with van der Waals surface area (Å²) >= 11 is 1.73. The second-order valence-electron chi connectivity index (χ2n) is 6.99. The third-order valence-electron chi connectivity index (χ3n) is 5.19. The van der Waals surface area contributed by atoms with Crippen LogP contribution in [-0.2, 0) is 11.2 Å². The van der Waals surface area contributed by atoms with E-state index in [4.69, 9.17) is 4.74 Å². The summed E-state index contributed by atoms with van der Waals surface area (Å²) in [6.07, 6.45) is 2.33. The van der Waals surface area contributed by atoms with Crippen molar-refractivity contribution in [1.82, 2.24) is 9.88 Å². The van der Waals surface area contributed by atoms with Gasteiger partial charge in [0.1, 0.15) is 5.75 Å². The van der Waals surface area contributed by atoms with Crippen molar-refractivity contribution in [2.75, 3.05) is 38.2 Å². The fourth-order valence-electron chi connectivity index (χ4n) is 3.58. The van der Waals surface area contributed by atoms with E-state index in [9.17, 15) is 4.79 Å². The Hall–Kier alpha value is -2.60. The normalized spacial score (nSPS) is 14.5. The van der Waals surface area contributed by atoms with E-state index in [0.717, 1.165) is 55.3 Å². The first-order valence-electron chi connectivity index (χ1n) is 9.74. The van der Waals surface area contributed by atoms with Crippen molar-refractivity contribution in [1.29, 1.82) is 0 Å². The topological polar surface area (TPSA) is 45.7 Å². The van der Waals surface area contributed by atoms with E-state index < -0.39 is 0 Å². The lowest BCUT2D eigenvalue weighted by Gasteiger charge is -2.36. The number of aryl methyl sites for hydroxylation is 1. The highest BCUT2D eigenvalue weighted by molar-refractivity contribution is 7.18. The van der Waals surface area contributed by atoms with E-state index in [1.54, 1.807) is 18.4 Å². The van der Waals surface area contributed by atoms with Crippen LogP contribution in [0.4, 0.5) is 5.69 Å². The molecule has 146 valence electrons. The maximum Gasteiger partial charge on any atom is 0.222 e. The van der Waals surface area contributed by atoms with Gasteiger partial charge in [0.2, 0.25) is 5.91 Å². The van der Waals surface area contributed by atoms with Gasteiger partial charge in [0, 0.05) is 38.3 Å². The van der Waals surface area contributed by atoms with Crippen LogP contribution in [0.2, 0.25) is 0 Å². The molecule has 0 atom stereocenters. The molecule has 1 fully saturated rings. The number of piperazine rings is 1.